The van der Waals surface area contributed by atoms with Gasteiger partial charge in [-0.25, -0.2) is 4.98 Å². The maximum atomic E-state index is 5.48. The fourth-order valence-electron chi connectivity index (χ4n) is 0.930. The van der Waals surface area contributed by atoms with Gasteiger partial charge in [0.25, 0.3) is 0 Å². The molecule has 0 radical (unpaired) electrons. The van der Waals surface area contributed by atoms with Crippen molar-refractivity contribution in [2.24, 2.45) is 0 Å². The Morgan fingerprint density at radius 3 is 3.08 bits per heavy atom. The van der Waals surface area contributed by atoms with Crippen LogP contribution in [0, 0.1) is 0 Å². The Labute approximate surface area is 73.7 Å². The molecule has 4 nitrogen and oxygen atoms in total. The van der Waals surface area contributed by atoms with Crippen LogP contribution in [0.3, 0.4) is 0 Å². The van der Waals surface area contributed by atoms with E-state index in [0.29, 0.717) is 12.4 Å². The molecule has 5 heteroatoms. The number of hydrogen-bond donors (Lipinski definition) is 1. The van der Waals surface area contributed by atoms with Gasteiger partial charge < -0.3 is 5.73 Å². The molecule has 62 valence electrons. The molecule has 0 aliphatic carbocycles. The number of nitrogens with two attached hydrogens (primary N) is 1. The smallest absolute Gasteiger partial charge is 0.134 e. The fraction of sp³-hybridized carbons (Fsp3) is 0.143. The van der Waals surface area contributed by atoms with E-state index >= 15 is 0 Å². The van der Waals surface area contributed by atoms with Crippen molar-refractivity contribution in [2.75, 3.05) is 5.73 Å². The number of nitrogen functional groups attached to an aromatic ring is 1. The molecule has 0 aliphatic rings. The van der Waals surface area contributed by atoms with Crippen LogP contribution in [-0.4, -0.2) is 14.8 Å². The van der Waals surface area contributed by atoms with Crippen LogP contribution in [0.2, 0.25) is 0 Å². The lowest BCUT2D eigenvalue weighted by Gasteiger charge is -1.94. The molecule has 2 rings (SSSR count). The highest BCUT2D eigenvalue weighted by Gasteiger charge is 1.99. The number of thiazole rings is 1. The normalized spacial score (nSPS) is 10.3. The van der Waals surface area contributed by atoms with E-state index in [1.807, 2.05) is 22.3 Å². The van der Waals surface area contributed by atoms with Crippen molar-refractivity contribution in [3.8, 4) is 0 Å². The van der Waals surface area contributed by atoms with E-state index in [0.717, 1.165) is 5.01 Å². The monoisotopic (exact) mass is 180 g/mol. The number of rotatable bonds is 2. The minimum absolute atomic E-state index is 0.585. The summed E-state index contributed by atoms with van der Waals surface area (Å²) in [5.74, 6) is 0.585. The van der Waals surface area contributed by atoms with Gasteiger partial charge in [-0.3, -0.25) is 4.68 Å². The molecule has 0 bridgehead atoms. The van der Waals surface area contributed by atoms with Gasteiger partial charge in [0.05, 0.1) is 6.54 Å². The Hall–Kier alpha value is -1.36. The number of hydrogen-bond acceptors (Lipinski definition) is 4. The average Bonchev–Trinajstić information content (AvgIpc) is 2.63. The largest absolute Gasteiger partial charge is 0.383 e. The topological polar surface area (TPSA) is 56.7 Å². The van der Waals surface area contributed by atoms with Crippen LogP contribution in [0.4, 0.5) is 5.82 Å². The van der Waals surface area contributed by atoms with Crippen molar-refractivity contribution >= 4 is 17.2 Å². The molecule has 0 saturated carbocycles. The Kier molecular flexibility index (Phi) is 1.79. The summed E-state index contributed by atoms with van der Waals surface area (Å²) in [7, 11) is 0. The third-order valence-corrected chi connectivity index (χ3v) is 2.28. The molecule has 2 N–H and O–H groups in total. The molecule has 2 aromatic rings. The van der Waals surface area contributed by atoms with Crippen LogP contribution in [0.25, 0.3) is 0 Å². The van der Waals surface area contributed by atoms with Crippen molar-refractivity contribution in [2.45, 2.75) is 6.54 Å². The molecule has 0 unspecified atom stereocenters. The van der Waals surface area contributed by atoms with Gasteiger partial charge in [-0.15, -0.1) is 11.3 Å². The highest BCUT2D eigenvalue weighted by Crippen LogP contribution is 2.11. The highest BCUT2D eigenvalue weighted by molar-refractivity contribution is 7.09. The summed E-state index contributed by atoms with van der Waals surface area (Å²) in [6.07, 6.45) is 3.65. The summed E-state index contributed by atoms with van der Waals surface area (Å²) in [5.41, 5.74) is 5.48. The van der Waals surface area contributed by atoms with Gasteiger partial charge in [0.1, 0.15) is 10.8 Å². The first-order chi connectivity index (χ1) is 5.84. The van der Waals surface area contributed by atoms with E-state index in [1.54, 1.807) is 17.5 Å². The zero-order valence-electron chi connectivity index (χ0n) is 6.34. The molecule has 0 spiro atoms. The van der Waals surface area contributed by atoms with E-state index in [-0.39, 0.29) is 0 Å². The Morgan fingerprint density at radius 1 is 1.58 bits per heavy atom. The van der Waals surface area contributed by atoms with Gasteiger partial charge in [0.2, 0.25) is 0 Å². The fourth-order valence-corrected chi connectivity index (χ4v) is 1.60. The lowest BCUT2D eigenvalue weighted by atomic mass is 10.6. The highest BCUT2D eigenvalue weighted by atomic mass is 32.1. The van der Waals surface area contributed by atoms with Gasteiger partial charge in [-0.1, -0.05) is 0 Å². The zero-order valence-corrected chi connectivity index (χ0v) is 7.16. The van der Waals surface area contributed by atoms with Crippen LogP contribution in [0.5, 0.6) is 0 Å². The average molecular weight is 180 g/mol. The van der Waals surface area contributed by atoms with Crippen LogP contribution >= 0.6 is 11.3 Å². The first-order valence-corrected chi connectivity index (χ1v) is 4.40. The summed E-state index contributed by atoms with van der Waals surface area (Å²) in [6, 6.07) is 1.89. The van der Waals surface area contributed by atoms with Crippen molar-refractivity contribution < 1.29 is 0 Å². The van der Waals surface area contributed by atoms with Gasteiger partial charge in [-0.2, -0.15) is 5.10 Å². The summed E-state index contributed by atoms with van der Waals surface area (Å²) in [5, 5.41) is 6.88. The number of nitrogens with zero attached hydrogens (tertiary/aromatic N) is 3. The van der Waals surface area contributed by atoms with Crippen molar-refractivity contribution in [1.29, 1.82) is 0 Å². The molecular weight excluding hydrogens is 172 g/mol. The molecule has 2 aromatic heterocycles. The maximum absolute atomic E-state index is 5.48. The van der Waals surface area contributed by atoms with Gasteiger partial charge >= 0.3 is 0 Å². The molecule has 0 amide bonds. The van der Waals surface area contributed by atoms with Crippen molar-refractivity contribution in [1.82, 2.24) is 14.8 Å². The van der Waals surface area contributed by atoms with Crippen molar-refractivity contribution in [3.63, 3.8) is 0 Å². The maximum Gasteiger partial charge on any atom is 0.134 e. The second-order valence-electron chi connectivity index (χ2n) is 2.37. The van der Waals surface area contributed by atoms with Crippen molar-refractivity contribution in [3.05, 3.63) is 28.8 Å². The minimum Gasteiger partial charge on any atom is -0.383 e. The summed E-state index contributed by atoms with van der Waals surface area (Å²) >= 11 is 1.55. The van der Waals surface area contributed by atoms with E-state index < -0.39 is 0 Å². The number of anilines is 1. The predicted octanol–water partition coefficient (Wildman–Crippen LogP) is 0.970. The third kappa shape index (κ3) is 1.45. The van der Waals surface area contributed by atoms with Crippen LogP contribution in [-0.2, 0) is 6.54 Å². The third-order valence-electron chi connectivity index (χ3n) is 1.43. The molecule has 0 saturated heterocycles. The Morgan fingerprint density at radius 2 is 2.50 bits per heavy atom. The summed E-state index contributed by atoms with van der Waals surface area (Å²) in [6.45, 7) is 0.703. The quantitative estimate of drug-likeness (QED) is 0.749. The van der Waals surface area contributed by atoms with Crippen LogP contribution in [0.1, 0.15) is 5.01 Å². The summed E-state index contributed by atoms with van der Waals surface area (Å²) < 4.78 is 1.82. The standard InChI is InChI=1S/C7H8N4S/c8-6-5-12-7(10-6)4-11-3-1-2-9-11/h1-3,5H,4,8H2. The van der Waals surface area contributed by atoms with Crippen LogP contribution < -0.4 is 5.73 Å². The minimum atomic E-state index is 0.585. The Balaban J connectivity index is 2.14. The molecule has 2 heterocycles. The van der Waals surface area contributed by atoms with Gasteiger partial charge in [-0.05, 0) is 6.07 Å². The Bertz CT molecular complexity index is 351. The number of aromatic nitrogens is 3. The lowest BCUT2D eigenvalue weighted by molar-refractivity contribution is 0.684. The summed E-state index contributed by atoms with van der Waals surface area (Å²) in [4.78, 5) is 4.12. The predicted molar refractivity (Wildman–Crippen MR) is 47.9 cm³/mol. The second-order valence-corrected chi connectivity index (χ2v) is 3.31. The zero-order chi connectivity index (χ0) is 8.39. The first-order valence-electron chi connectivity index (χ1n) is 3.52. The lowest BCUT2D eigenvalue weighted by Crippen LogP contribution is -1.99. The first kappa shape index (κ1) is 7.30. The van der Waals surface area contributed by atoms with E-state index in [4.69, 9.17) is 5.73 Å². The van der Waals surface area contributed by atoms with E-state index in [2.05, 4.69) is 10.1 Å². The molecule has 0 fully saturated rings. The molecular formula is C7H8N4S. The van der Waals surface area contributed by atoms with Gasteiger partial charge in [0, 0.05) is 17.8 Å². The second kappa shape index (κ2) is 2.94. The SMILES string of the molecule is Nc1csc(Cn2cccn2)n1. The molecule has 0 aliphatic heterocycles. The van der Waals surface area contributed by atoms with Gasteiger partial charge in [0.15, 0.2) is 0 Å². The molecule has 0 aromatic carbocycles. The van der Waals surface area contributed by atoms with Crippen LogP contribution in [0.15, 0.2) is 23.8 Å². The van der Waals surface area contributed by atoms with E-state index in [9.17, 15) is 0 Å². The molecule has 12 heavy (non-hydrogen) atoms. The van der Waals surface area contributed by atoms with E-state index in [1.165, 1.54) is 0 Å². The molecule has 0 atom stereocenters.